The van der Waals surface area contributed by atoms with Crippen molar-refractivity contribution in [3.05, 3.63) is 66.4 Å². The van der Waals surface area contributed by atoms with Gasteiger partial charge in [-0.25, -0.2) is 4.98 Å². The Morgan fingerprint density at radius 2 is 1.78 bits per heavy atom. The Morgan fingerprint density at radius 1 is 0.889 bits per heavy atom. The zero-order valence-electron chi connectivity index (χ0n) is 14.6. The van der Waals surface area contributed by atoms with Crippen LogP contribution in [0.15, 0.2) is 72.3 Å². The fourth-order valence-corrected chi connectivity index (χ4v) is 3.68. The number of hydrogen-bond donors (Lipinski definition) is 0. The van der Waals surface area contributed by atoms with Gasteiger partial charge in [0, 0.05) is 5.39 Å². The molecule has 7 heteroatoms. The van der Waals surface area contributed by atoms with Gasteiger partial charge in [-0.2, -0.15) is 0 Å². The Hall–Kier alpha value is -2.55. The first-order chi connectivity index (χ1) is 13.4. The van der Waals surface area contributed by atoms with Crippen LogP contribution in [0.25, 0.3) is 10.9 Å². The molecule has 0 saturated carbocycles. The number of hydrogen-bond acceptors (Lipinski definition) is 6. The summed E-state index contributed by atoms with van der Waals surface area (Å²) >= 11 is -0.420. The van der Waals surface area contributed by atoms with E-state index in [0.29, 0.717) is 13.2 Å². The molecule has 6 nitrogen and oxygen atoms in total. The van der Waals surface area contributed by atoms with Crippen LogP contribution in [0.5, 0.6) is 11.5 Å². The summed E-state index contributed by atoms with van der Waals surface area (Å²) in [6.45, 7) is 1.03. The van der Waals surface area contributed by atoms with Gasteiger partial charge in [-0.1, -0.05) is 24.3 Å². The van der Waals surface area contributed by atoms with Gasteiger partial charge in [-0.15, -0.1) is 0 Å². The molecule has 0 N–H and O–H groups in total. The molecule has 2 aromatic carbocycles. The topological polar surface area (TPSA) is 68.4 Å². The summed E-state index contributed by atoms with van der Waals surface area (Å²) in [5.41, 5.74) is 1.87. The van der Waals surface area contributed by atoms with Crippen molar-refractivity contribution < 1.29 is 31.2 Å². The number of aromatic nitrogens is 1. The van der Waals surface area contributed by atoms with Gasteiger partial charge in [0.15, 0.2) is 0 Å². The average molecular weight is 473 g/mol. The SMILES string of the molecule is c1cc(OCCCC2=N[I-]N=N2)cc(OCc2ccc3ccccc3n2)c1. The summed E-state index contributed by atoms with van der Waals surface area (Å²) in [6, 6.07) is 19.8. The van der Waals surface area contributed by atoms with Crippen molar-refractivity contribution in [2.24, 2.45) is 11.6 Å². The minimum absolute atomic E-state index is 0.419. The fraction of sp³-hybridized carbons (Fsp3) is 0.200. The second kappa shape index (κ2) is 8.90. The van der Waals surface area contributed by atoms with Crippen LogP contribution in [0.3, 0.4) is 0 Å². The minimum atomic E-state index is -0.420. The molecule has 1 aromatic heterocycles. The summed E-state index contributed by atoms with van der Waals surface area (Å²) in [5, 5.41) is 5.14. The van der Waals surface area contributed by atoms with Crippen molar-refractivity contribution in [2.45, 2.75) is 19.4 Å². The fourth-order valence-electron chi connectivity index (χ4n) is 2.65. The van der Waals surface area contributed by atoms with Gasteiger partial charge in [0.25, 0.3) is 0 Å². The van der Waals surface area contributed by atoms with Crippen LogP contribution < -0.4 is 31.2 Å². The third-order valence-corrected chi connectivity index (χ3v) is 5.17. The molecule has 0 amide bonds. The van der Waals surface area contributed by atoms with E-state index in [2.05, 4.69) is 28.8 Å². The van der Waals surface area contributed by atoms with Gasteiger partial charge in [0.2, 0.25) is 0 Å². The van der Waals surface area contributed by atoms with Crippen molar-refractivity contribution in [3.63, 3.8) is 0 Å². The quantitative estimate of drug-likeness (QED) is 0.370. The van der Waals surface area contributed by atoms with E-state index in [0.717, 1.165) is 46.8 Å². The monoisotopic (exact) mass is 473 g/mol. The molecular formula is C20H18IN4O2-. The molecule has 0 radical (unpaired) electrons. The second-order valence-electron chi connectivity index (χ2n) is 5.96. The Bertz CT molecular complexity index is 990. The van der Waals surface area contributed by atoms with Gasteiger partial charge in [-0.05, 0) is 12.1 Å². The molecule has 0 aliphatic carbocycles. The summed E-state index contributed by atoms with van der Waals surface area (Å²) < 4.78 is 19.9. The van der Waals surface area contributed by atoms with E-state index in [9.17, 15) is 0 Å². The molecule has 3 aromatic rings. The molecule has 0 spiro atoms. The third-order valence-electron chi connectivity index (χ3n) is 3.98. The van der Waals surface area contributed by atoms with Gasteiger partial charge in [-0.3, -0.25) is 0 Å². The third kappa shape index (κ3) is 5.00. The molecule has 2 heterocycles. The Kier molecular flexibility index (Phi) is 5.88. The zero-order chi connectivity index (χ0) is 18.3. The number of ether oxygens (including phenoxy) is 2. The number of para-hydroxylation sites is 1. The van der Waals surface area contributed by atoms with E-state index < -0.39 is 21.8 Å². The van der Waals surface area contributed by atoms with Crippen LogP contribution in [0.4, 0.5) is 0 Å². The first kappa shape index (κ1) is 17.8. The van der Waals surface area contributed by atoms with Crippen LogP contribution in [0.1, 0.15) is 18.5 Å². The molecular weight excluding hydrogens is 455 g/mol. The molecule has 1 aliphatic rings. The zero-order valence-corrected chi connectivity index (χ0v) is 16.7. The van der Waals surface area contributed by atoms with E-state index in [-0.39, 0.29) is 0 Å². The molecule has 0 atom stereocenters. The summed E-state index contributed by atoms with van der Waals surface area (Å²) in [5.74, 6) is 2.41. The molecule has 0 saturated heterocycles. The summed E-state index contributed by atoms with van der Waals surface area (Å²) in [6.07, 6.45) is 1.68. The van der Waals surface area contributed by atoms with Crippen LogP contribution in [-0.2, 0) is 6.61 Å². The number of amidine groups is 1. The van der Waals surface area contributed by atoms with Crippen LogP contribution >= 0.6 is 0 Å². The normalized spacial score (nSPS) is 13.3. The number of benzene rings is 2. The molecule has 0 unspecified atom stereocenters. The number of rotatable bonds is 8. The van der Waals surface area contributed by atoms with E-state index >= 15 is 0 Å². The first-order valence-electron chi connectivity index (χ1n) is 8.68. The summed E-state index contributed by atoms with van der Waals surface area (Å²) in [4.78, 5) is 4.63. The van der Waals surface area contributed by atoms with Gasteiger partial charge in [0.05, 0.1) is 5.52 Å². The van der Waals surface area contributed by atoms with Crippen molar-refractivity contribution in [3.8, 4) is 11.5 Å². The molecule has 138 valence electrons. The van der Waals surface area contributed by atoms with Crippen molar-refractivity contribution in [1.29, 1.82) is 0 Å². The van der Waals surface area contributed by atoms with Gasteiger partial charge in [0.1, 0.15) is 0 Å². The average Bonchev–Trinajstić information content (AvgIpc) is 3.23. The predicted octanol–water partition coefficient (Wildman–Crippen LogP) is 1.76. The number of nitrogens with zero attached hydrogens (tertiary/aromatic N) is 4. The van der Waals surface area contributed by atoms with Crippen LogP contribution in [-0.4, -0.2) is 17.4 Å². The number of pyridine rings is 1. The van der Waals surface area contributed by atoms with E-state index in [4.69, 9.17) is 9.47 Å². The maximum absolute atomic E-state index is 5.88. The summed E-state index contributed by atoms with van der Waals surface area (Å²) in [7, 11) is 0. The molecule has 4 rings (SSSR count). The van der Waals surface area contributed by atoms with Crippen molar-refractivity contribution in [1.82, 2.24) is 4.98 Å². The molecule has 27 heavy (non-hydrogen) atoms. The number of halogens is 1. The Morgan fingerprint density at radius 3 is 2.67 bits per heavy atom. The molecule has 0 bridgehead atoms. The van der Waals surface area contributed by atoms with Crippen LogP contribution in [0, 0.1) is 0 Å². The van der Waals surface area contributed by atoms with Crippen molar-refractivity contribution >= 4 is 16.7 Å². The second-order valence-corrected chi connectivity index (χ2v) is 7.31. The van der Waals surface area contributed by atoms with Gasteiger partial charge >= 0.3 is 116 Å². The predicted molar refractivity (Wildman–Crippen MR) is 99.5 cm³/mol. The molecule has 1 aliphatic heterocycles. The number of fused-ring (bicyclic) bond motifs is 1. The Labute approximate surface area is 168 Å². The van der Waals surface area contributed by atoms with E-state index in [1.54, 1.807) is 0 Å². The maximum atomic E-state index is 5.88. The molecule has 0 fully saturated rings. The van der Waals surface area contributed by atoms with Crippen molar-refractivity contribution in [2.75, 3.05) is 6.61 Å². The van der Waals surface area contributed by atoms with Gasteiger partial charge < -0.3 is 0 Å². The van der Waals surface area contributed by atoms with E-state index in [1.165, 1.54) is 0 Å². The van der Waals surface area contributed by atoms with Crippen LogP contribution in [0.2, 0.25) is 0 Å². The van der Waals surface area contributed by atoms with E-state index in [1.807, 2.05) is 48.5 Å². The Balaban J connectivity index is 1.29. The first-order valence-corrected chi connectivity index (χ1v) is 10.6. The standard InChI is InChI=1S/C20H18IN4O2/c1-2-8-19-15(5-1)10-11-16(22-19)14-27-18-7-3-6-17(13-18)26-12-4-9-20-23-21-25-24-20/h1-3,5-8,10-11,13H,4,9,12,14H2/q-1.